The van der Waals surface area contributed by atoms with Crippen LogP contribution in [0, 0.1) is 6.92 Å². The van der Waals surface area contributed by atoms with E-state index in [0.29, 0.717) is 23.6 Å². The van der Waals surface area contributed by atoms with E-state index < -0.39 is 0 Å². The fraction of sp³-hybridized carbons (Fsp3) is 0.278. The van der Waals surface area contributed by atoms with Crippen molar-refractivity contribution in [3.63, 3.8) is 0 Å². The largest absolute Gasteiger partial charge is 0.497 e. The van der Waals surface area contributed by atoms with Crippen molar-refractivity contribution < 1.29 is 14.3 Å². The number of rotatable bonds is 5. The minimum absolute atomic E-state index is 0.0706. The average Bonchev–Trinajstić information content (AvgIpc) is 2.53. The molecule has 2 rings (SSSR count). The summed E-state index contributed by atoms with van der Waals surface area (Å²) in [7, 11) is 4.93. The molecule has 0 aromatic heterocycles. The van der Waals surface area contributed by atoms with Gasteiger partial charge in [-0.05, 0) is 24.6 Å². The van der Waals surface area contributed by atoms with Gasteiger partial charge in [0.25, 0.3) is 5.91 Å². The van der Waals surface area contributed by atoms with Crippen molar-refractivity contribution in [2.24, 2.45) is 0 Å². The Morgan fingerprint density at radius 1 is 1.05 bits per heavy atom. The van der Waals surface area contributed by atoms with E-state index in [9.17, 15) is 4.79 Å². The highest BCUT2D eigenvalue weighted by Gasteiger charge is 2.14. The first kappa shape index (κ1) is 15.9. The van der Waals surface area contributed by atoms with E-state index in [1.165, 1.54) is 5.56 Å². The third-order valence-electron chi connectivity index (χ3n) is 3.45. The molecule has 0 unspecified atom stereocenters. The molecule has 2 aromatic rings. The van der Waals surface area contributed by atoms with Crippen molar-refractivity contribution in [1.29, 1.82) is 0 Å². The van der Waals surface area contributed by atoms with Crippen LogP contribution in [0.2, 0.25) is 0 Å². The number of hydrogen-bond acceptors (Lipinski definition) is 3. The summed E-state index contributed by atoms with van der Waals surface area (Å²) in [5.41, 5.74) is 2.83. The molecule has 0 heterocycles. The van der Waals surface area contributed by atoms with Crippen LogP contribution < -0.4 is 9.47 Å². The van der Waals surface area contributed by atoms with Gasteiger partial charge in [0, 0.05) is 25.2 Å². The van der Waals surface area contributed by atoms with E-state index in [-0.39, 0.29) is 5.91 Å². The van der Waals surface area contributed by atoms with Crippen LogP contribution in [0.5, 0.6) is 11.5 Å². The van der Waals surface area contributed by atoms with Gasteiger partial charge in [-0.25, -0.2) is 0 Å². The smallest absolute Gasteiger partial charge is 0.254 e. The standard InChI is InChI=1S/C18H21NO3/c1-13-6-5-7-14(8-13)12-19(2)18(20)15-9-16(21-3)11-17(10-15)22-4/h5-11H,12H2,1-4H3. The zero-order chi connectivity index (χ0) is 16.1. The molecule has 0 fully saturated rings. The number of carbonyl (C=O) groups excluding carboxylic acids is 1. The highest BCUT2D eigenvalue weighted by atomic mass is 16.5. The number of carbonyl (C=O) groups is 1. The van der Waals surface area contributed by atoms with E-state index in [1.807, 2.05) is 25.1 Å². The number of hydrogen-bond donors (Lipinski definition) is 0. The molecule has 0 saturated heterocycles. The molecule has 4 nitrogen and oxygen atoms in total. The van der Waals surface area contributed by atoms with E-state index in [1.54, 1.807) is 44.4 Å². The van der Waals surface area contributed by atoms with Crippen molar-refractivity contribution in [2.75, 3.05) is 21.3 Å². The molecular weight excluding hydrogens is 278 g/mol. The number of amides is 1. The van der Waals surface area contributed by atoms with Crippen molar-refractivity contribution in [2.45, 2.75) is 13.5 Å². The molecule has 2 aromatic carbocycles. The first-order valence-corrected chi connectivity index (χ1v) is 7.07. The topological polar surface area (TPSA) is 38.8 Å². The Kier molecular flexibility index (Phi) is 5.04. The van der Waals surface area contributed by atoms with Crippen LogP contribution in [-0.2, 0) is 6.54 Å². The third kappa shape index (κ3) is 3.79. The molecular formula is C18H21NO3. The maximum atomic E-state index is 12.6. The van der Waals surface area contributed by atoms with Gasteiger partial charge in [0.2, 0.25) is 0 Å². The average molecular weight is 299 g/mol. The van der Waals surface area contributed by atoms with Gasteiger partial charge in [0.05, 0.1) is 14.2 Å². The summed E-state index contributed by atoms with van der Waals surface area (Å²) in [5, 5.41) is 0. The Morgan fingerprint density at radius 3 is 2.23 bits per heavy atom. The third-order valence-corrected chi connectivity index (χ3v) is 3.45. The summed E-state index contributed by atoms with van der Waals surface area (Å²) in [6.45, 7) is 2.60. The van der Waals surface area contributed by atoms with Gasteiger partial charge in [0.15, 0.2) is 0 Å². The molecule has 116 valence electrons. The summed E-state index contributed by atoms with van der Waals surface area (Å²) >= 11 is 0. The maximum Gasteiger partial charge on any atom is 0.254 e. The van der Waals surface area contributed by atoms with Gasteiger partial charge in [-0.1, -0.05) is 29.8 Å². The van der Waals surface area contributed by atoms with Gasteiger partial charge < -0.3 is 14.4 Å². The molecule has 0 aliphatic carbocycles. The van der Waals surface area contributed by atoms with Crippen molar-refractivity contribution >= 4 is 5.91 Å². The van der Waals surface area contributed by atoms with Crippen LogP contribution in [-0.4, -0.2) is 32.1 Å². The van der Waals surface area contributed by atoms with Crippen LogP contribution in [0.3, 0.4) is 0 Å². The van der Waals surface area contributed by atoms with E-state index in [2.05, 4.69) is 6.07 Å². The molecule has 0 aliphatic heterocycles. The molecule has 0 saturated carbocycles. The second kappa shape index (κ2) is 6.98. The minimum Gasteiger partial charge on any atom is -0.497 e. The quantitative estimate of drug-likeness (QED) is 0.850. The van der Waals surface area contributed by atoms with Crippen LogP contribution in [0.15, 0.2) is 42.5 Å². The number of benzene rings is 2. The highest BCUT2D eigenvalue weighted by Crippen LogP contribution is 2.23. The monoisotopic (exact) mass is 299 g/mol. The van der Waals surface area contributed by atoms with E-state index in [4.69, 9.17) is 9.47 Å². The SMILES string of the molecule is COc1cc(OC)cc(C(=O)N(C)Cc2cccc(C)c2)c1. The molecule has 0 radical (unpaired) electrons. The second-order valence-corrected chi connectivity index (χ2v) is 5.25. The maximum absolute atomic E-state index is 12.6. The fourth-order valence-electron chi connectivity index (χ4n) is 2.31. The summed E-state index contributed by atoms with van der Waals surface area (Å²) in [6, 6.07) is 13.3. The van der Waals surface area contributed by atoms with Crippen molar-refractivity contribution in [3.8, 4) is 11.5 Å². The van der Waals surface area contributed by atoms with Crippen LogP contribution >= 0.6 is 0 Å². The zero-order valence-corrected chi connectivity index (χ0v) is 13.4. The molecule has 0 atom stereocenters. The Hall–Kier alpha value is -2.49. The number of aryl methyl sites for hydroxylation is 1. The lowest BCUT2D eigenvalue weighted by molar-refractivity contribution is 0.0784. The predicted molar refractivity (Wildman–Crippen MR) is 86.5 cm³/mol. The Bertz CT molecular complexity index is 645. The first-order chi connectivity index (χ1) is 10.5. The molecule has 0 N–H and O–H groups in total. The lowest BCUT2D eigenvalue weighted by Gasteiger charge is -2.18. The Morgan fingerprint density at radius 2 is 1.68 bits per heavy atom. The summed E-state index contributed by atoms with van der Waals surface area (Å²) in [4.78, 5) is 14.3. The lowest BCUT2D eigenvalue weighted by atomic mass is 10.1. The van der Waals surface area contributed by atoms with Crippen molar-refractivity contribution in [3.05, 3.63) is 59.2 Å². The molecule has 0 spiro atoms. The minimum atomic E-state index is -0.0706. The molecule has 0 bridgehead atoms. The summed E-state index contributed by atoms with van der Waals surface area (Å²) in [6.07, 6.45) is 0. The number of nitrogens with zero attached hydrogens (tertiary/aromatic N) is 1. The fourth-order valence-corrected chi connectivity index (χ4v) is 2.31. The Labute approximate surface area is 131 Å². The number of methoxy groups -OCH3 is 2. The van der Waals surface area contributed by atoms with Crippen LogP contribution in [0.4, 0.5) is 0 Å². The molecule has 22 heavy (non-hydrogen) atoms. The predicted octanol–water partition coefficient (Wildman–Crippen LogP) is 3.28. The molecule has 4 heteroatoms. The normalized spacial score (nSPS) is 10.2. The Balaban J connectivity index is 2.19. The zero-order valence-electron chi connectivity index (χ0n) is 13.4. The van der Waals surface area contributed by atoms with Gasteiger partial charge in [-0.15, -0.1) is 0 Å². The van der Waals surface area contributed by atoms with Crippen LogP contribution in [0.25, 0.3) is 0 Å². The first-order valence-electron chi connectivity index (χ1n) is 7.07. The van der Waals surface area contributed by atoms with Crippen molar-refractivity contribution in [1.82, 2.24) is 4.90 Å². The van der Waals surface area contributed by atoms with Gasteiger partial charge in [-0.2, -0.15) is 0 Å². The van der Waals surface area contributed by atoms with E-state index >= 15 is 0 Å². The highest BCUT2D eigenvalue weighted by molar-refractivity contribution is 5.94. The summed E-state index contributed by atoms with van der Waals surface area (Å²) < 4.78 is 10.4. The second-order valence-electron chi connectivity index (χ2n) is 5.25. The molecule has 0 aliphatic rings. The van der Waals surface area contributed by atoms with Gasteiger partial charge in [0.1, 0.15) is 11.5 Å². The van der Waals surface area contributed by atoms with Gasteiger partial charge >= 0.3 is 0 Å². The molecule has 1 amide bonds. The summed E-state index contributed by atoms with van der Waals surface area (Å²) in [5.74, 6) is 1.14. The number of ether oxygens (including phenoxy) is 2. The van der Waals surface area contributed by atoms with Gasteiger partial charge in [-0.3, -0.25) is 4.79 Å². The van der Waals surface area contributed by atoms with E-state index in [0.717, 1.165) is 5.56 Å². The van der Waals surface area contributed by atoms with Crippen LogP contribution in [0.1, 0.15) is 21.5 Å². The lowest BCUT2D eigenvalue weighted by Crippen LogP contribution is -2.26.